The molecular weight excluding hydrogens is 196 g/mol. The second-order valence-electron chi connectivity index (χ2n) is 3.58. The molecule has 0 heterocycles. The molecule has 0 spiro atoms. The van der Waals surface area contributed by atoms with Gasteiger partial charge in [-0.05, 0) is 50.6 Å². The number of halogens is 1. The number of rotatable bonds is 4. The highest BCUT2D eigenvalue weighted by atomic mass is 35.5. The Labute approximate surface area is 90.4 Å². The summed E-state index contributed by atoms with van der Waals surface area (Å²) in [6, 6.07) is 6.26. The molecule has 0 aliphatic heterocycles. The number of hydrogen-bond donors (Lipinski definition) is 2. The van der Waals surface area contributed by atoms with Crippen LogP contribution in [0.5, 0.6) is 0 Å². The zero-order valence-electron chi connectivity index (χ0n) is 8.68. The van der Waals surface area contributed by atoms with Crippen LogP contribution in [0, 0.1) is 6.92 Å². The van der Waals surface area contributed by atoms with E-state index >= 15 is 0 Å². The minimum atomic E-state index is 0.403. The van der Waals surface area contributed by atoms with Gasteiger partial charge in [0.15, 0.2) is 0 Å². The van der Waals surface area contributed by atoms with Gasteiger partial charge in [-0.15, -0.1) is 0 Å². The van der Waals surface area contributed by atoms with Crippen LogP contribution in [0.1, 0.15) is 18.9 Å². The van der Waals surface area contributed by atoms with Crippen molar-refractivity contribution in [1.29, 1.82) is 0 Å². The molecule has 2 nitrogen and oxygen atoms in total. The lowest BCUT2D eigenvalue weighted by molar-refractivity contribution is 0.716. The minimum Gasteiger partial charge on any atom is -0.382 e. The maximum atomic E-state index is 5.87. The van der Waals surface area contributed by atoms with E-state index in [1.807, 2.05) is 25.1 Å². The van der Waals surface area contributed by atoms with Gasteiger partial charge in [0.25, 0.3) is 0 Å². The Balaban J connectivity index is 2.67. The van der Waals surface area contributed by atoms with E-state index in [2.05, 4.69) is 12.2 Å². The van der Waals surface area contributed by atoms with Crippen LogP contribution in [0.3, 0.4) is 0 Å². The fourth-order valence-electron chi connectivity index (χ4n) is 1.38. The van der Waals surface area contributed by atoms with E-state index in [1.54, 1.807) is 0 Å². The molecule has 78 valence electrons. The summed E-state index contributed by atoms with van der Waals surface area (Å²) in [5.74, 6) is 0. The van der Waals surface area contributed by atoms with Gasteiger partial charge in [-0.1, -0.05) is 11.6 Å². The van der Waals surface area contributed by atoms with Crippen molar-refractivity contribution in [3.05, 3.63) is 28.8 Å². The number of nitrogens with two attached hydrogens (primary N) is 1. The zero-order valence-corrected chi connectivity index (χ0v) is 9.43. The van der Waals surface area contributed by atoms with E-state index in [0.29, 0.717) is 12.6 Å². The summed E-state index contributed by atoms with van der Waals surface area (Å²) < 4.78 is 0. The van der Waals surface area contributed by atoms with Crippen molar-refractivity contribution in [2.75, 3.05) is 11.9 Å². The largest absolute Gasteiger partial charge is 0.382 e. The van der Waals surface area contributed by atoms with Crippen LogP contribution in [0.15, 0.2) is 18.2 Å². The number of anilines is 1. The van der Waals surface area contributed by atoms with E-state index in [9.17, 15) is 0 Å². The highest BCUT2D eigenvalue weighted by Crippen LogP contribution is 2.20. The van der Waals surface area contributed by atoms with Crippen LogP contribution in [-0.4, -0.2) is 12.6 Å². The maximum Gasteiger partial charge on any atom is 0.0410 e. The van der Waals surface area contributed by atoms with E-state index in [0.717, 1.165) is 17.1 Å². The van der Waals surface area contributed by atoms with Crippen molar-refractivity contribution in [2.24, 2.45) is 5.73 Å². The molecule has 0 aliphatic carbocycles. The lowest BCUT2D eigenvalue weighted by Gasteiger charge is -2.16. The average Bonchev–Trinajstić information content (AvgIpc) is 2.10. The van der Waals surface area contributed by atoms with Crippen LogP contribution in [-0.2, 0) is 0 Å². The molecule has 0 fully saturated rings. The Morgan fingerprint density at radius 1 is 1.50 bits per heavy atom. The van der Waals surface area contributed by atoms with Gasteiger partial charge >= 0.3 is 0 Å². The highest BCUT2D eigenvalue weighted by molar-refractivity contribution is 6.30. The SMILES string of the molecule is Cc1cc(Cl)ccc1NC(C)CCN. The molecule has 14 heavy (non-hydrogen) atoms. The standard InChI is InChI=1S/C11H17ClN2/c1-8-7-10(12)3-4-11(8)14-9(2)5-6-13/h3-4,7,9,14H,5-6,13H2,1-2H3. The Morgan fingerprint density at radius 2 is 2.21 bits per heavy atom. The summed E-state index contributed by atoms with van der Waals surface area (Å²) in [5, 5.41) is 4.18. The molecule has 3 heteroatoms. The summed E-state index contributed by atoms with van der Waals surface area (Å²) in [6.07, 6.45) is 0.974. The van der Waals surface area contributed by atoms with Crippen molar-refractivity contribution < 1.29 is 0 Å². The quantitative estimate of drug-likeness (QED) is 0.806. The molecule has 1 aromatic rings. The van der Waals surface area contributed by atoms with E-state index < -0.39 is 0 Å². The van der Waals surface area contributed by atoms with Crippen LogP contribution in [0.25, 0.3) is 0 Å². The van der Waals surface area contributed by atoms with Gasteiger partial charge in [-0.3, -0.25) is 0 Å². The molecule has 0 saturated carbocycles. The summed E-state index contributed by atoms with van der Waals surface area (Å²) in [5.41, 5.74) is 7.79. The van der Waals surface area contributed by atoms with Crippen LogP contribution in [0.4, 0.5) is 5.69 Å². The average molecular weight is 213 g/mol. The Kier molecular flexibility index (Phi) is 4.23. The summed E-state index contributed by atoms with van der Waals surface area (Å²) in [6.45, 7) is 4.88. The lowest BCUT2D eigenvalue weighted by Crippen LogP contribution is -2.19. The topological polar surface area (TPSA) is 38.0 Å². The molecule has 0 aromatic heterocycles. The first-order valence-electron chi connectivity index (χ1n) is 4.86. The Bertz CT molecular complexity index is 299. The normalized spacial score (nSPS) is 12.6. The number of hydrogen-bond acceptors (Lipinski definition) is 2. The fraction of sp³-hybridized carbons (Fsp3) is 0.455. The first kappa shape index (κ1) is 11.3. The third-order valence-corrected chi connectivity index (χ3v) is 2.43. The molecule has 0 aliphatic rings. The van der Waals surface area contributed by atoms with Gasteiger partial charge in [0.05, 0.1) is 0 Å². The molecule has 3 N–H and O–H groups in total. The van der Waals surface area contributed by atoms with E-state index in [1.165, 1.54) is 5.56 Å². The predicted octanol–water partition coefficient (Wildman–Crippen LogP) is 2.80. The summed E-state index contributed by atoms with van der Waals surface area (Å²) in [4.78, 5) is 0. The van der Waals surface area contributed by atoms with Gasteiger partial charge in [-0.2, -0.15) is 0 Å². The maximum absolute atomic E-state index is 5.87. The molecule has 0 saturated heterocycles. The van der Waals surface area contributed by atoms with Gasteiger partial charge in [0, 0.05) is 16.8 Å². The number of aryl methyl sites for hydroxylation is 1. The fourth-order valence-corrected chi connectivity index (χ4v) is 1.60. The molecule has 0 amide bonds. The Hall–Kier alpha value is -0.730. The van der Waals surface area contributed by atoms with Gasteiger partial charge in [0.1, 0.15) is 0 Å². The third-order valence-electron chi connectivity index (χ3n) is 2.19. The second-order valence-corrected chi connectivity index (χ2v) is 4.02. The predicted molar refractivity (Wildman–Crippen MR) is 62.9 cm³/mol. The molecule has 1 rings (SSSR count). The number of nitrogens with one attached hydrogen (secondary N) is 1. The summed E-state index contributed by atoms with van der Waals surface area (Å²) in [7, 11) is 0. The zero-order chi connectivity index (χ0) is 10.6. The molecule has 1 atom stereocenters. The molecule has 0 bridgehead atoms. The molecule has 0 radical (unpaired) electrons. The smallest absolute Gasteiger partial charge is 0.0410 e. The summed E-state index contributed by atoms with van der Waals surface area (Å²) >= 11 is 5.87. The van der Waals surface area contributed by atoms with Crippen LogP contribution < -0.4 is 11.1 Å². The first-order chi connectivity index (χ1) is 6.63. The van der Waals surface area contributed by atoms with Crippen molar-refractivity contribution >= 4 is 17.3 Å². The third kappa shape index (κ3) is 3.20. The van der Waals surface area contributed by atoms with E-state index in [-0.39, 0.29) is 0 Å². The molecular formula is C11H17ClN2. The van der Waals surface area contributed by atoms with Crippen molar-refractivity contribution in [2.45, 2.75) is 26.3 Å². The van der Waals surface area contributed by atoms with E-state index in [4.69, 9.17) is 17.3 Å². The first-order valence-corrected chi connectivity index (χ1v) is 5.24. The van der Waals surface area contributed by atoms with Gasteiger partial charge < -0.3 is 11.1 Å². The molecule has 1 aromatic carbocycles. The van der Waals surface area contributed by atoms with Crippen LogP contribution >= 0.6 is 11.6 Å². The van der Waals surface area contributed by atoms with Crippen molar-refractivity contribution in [3.8, 4) is 0 Å². The molecule has 1 unspecified atom stereocenters. The Morgan fingerprint density at radius 3 is 2.79 bits per heavy atom. The second kappa shape index (κ2) is 5.23. The van der Waals surface area contributed by atoms with Crippen molar-refractivity contribution in [3.63, 3.8) is 0 Å². The monoisotopic (exact) mass is 212 g/mol. The lowest BCUT2D eigenvalue weighted by atomic mass is 10.1. The van der Waals surface area contributed by atoms with Gasteiger partial charge in [-0.25, -0.2) is 0 Å². The van der Waals surface area contributed by atoms with Gasteiger partial charge in [0.2, 0.25) is 0 Å². The number of benzene rings is 1. The van der Waals surface area contributed by atoms with Crippen molar-refractivity contribution in [1.82, 2.24) is 0 Å². The van der Waals surface area contributed by atoms with Crippen LogP contribution in [0.2, 0.25) is 5.02 Å². The minimum absolute atomic E-state index is 0.403. The highest BCUT2D eigenvalue weighted by Gasteiger charge is 2.03.